The Labute approximate surface area is 125 Å². The van der Waals surface area contributed by atoms with Crippen LogP contribution in [0.25, 0.3) is 22.5 Å². The number of nitrogens with zero attached hydrogens (tertiary/aromatic N) is 4. The van der Waals surface area contributed by atoms with Crippen LogP contribution in [0.3, 0.4) is 0 Å². The SMILES string of the molecule is CC(C)n1c(-c2nnco2)c(/C=N/O)c2ccc(Cl)cc21. The summed E-state index contributed by atoms with van der Waals surface area (Å²) in [4.78, 5) is 0. The van der Waals surface area contributed by atoms with Gasteiger partial charge in [0.1, 0.15) is 5.69 Å². The van der Waals surface area contributed by atoms with Crippen molar-refractivity contribution in [3.8, 4) is 11.6 Å². The van der Waals surface area contributed by atoms with Gasteiger partial charge in [-0.25, -0.2) is 0 Å². The first-order valence-electron chi connectivity index (χ1n) is 6.41. The van der Waals surface area contributed by atoms with Crippen LogP contribution < -0.4 is 0 Å². The minimum absolute atomic E-state index is 0.133. The molecule has 2 aromatic heterocycles. The topological polar surface area (TPSA) is 76.4 Å². The third kappa shape index (κ3) is 2.17. The molecule has 0 aliphatic rings. The summed E-state index contributed by atoms with van der Waals surface area (Å²) in [5.74, 6) is 0.367. The van der Waals surface area contributed by atoms with Crippen LogP contribution in [0.4, 0.5) is 0 Å². The number of rotatable bonds is 3. The van der Waals surface area contributed by atoms with Gasteiger partial charge in [-0.1, -0.05) is 22.8 Å². The van der Waals surface area contributed by atoms with E-state index in [9.17, 15) is 0 Å². The van der Waals surface area contributed by atoms with Gasteiger partial charge in [0, 0.05) is 22.0 Å². The van der Waals surface area contributed by atoms with Crippen molar-refractivity contribution < 1.29 is 9.62 Å². The van der Waals surface area contributed by atoms with Gasteiger partial charge in [-0.15, -0.1) is 10.2 Å². The van der Waals surface area contributed by atoms with Gasteiger partial charge in [0.2, 0.25) is 6.39 Å². The fraction of sp³-hybridized carbons (Fsp3) is 0.214. The zero-order chi connectivity index (χ0) is 15.0. The molecule has 0 unspecified atom stereocenters. The Morgan fingerprint density at radius 1 is 1.43 bits per heavy atom. The number of aromatic nitrogens is 3. The molecule has 0 atom stereocenters. The molecule has 0 spiro atoms. The second-order valence-electron chi connectivity index (χ2n) is 4.88. The summed E-state index contributed by atoms with van der Waals surface area (Å²) in [6.45, 7) is 4.08. The predicted octanol–water partition coefficient (Wildman–Crippen LogP) is 3.73. The maximum atomic E-state index is 8.97. The summed E-state index contributed by atoms with van der Waals surface area (Å²) in [7, 11) is 0. The smallest absolute Gasteiger partial charge is 0.264 e. The molecule has 0 aliphatic carbocycles. The zero-order valence-corrected chi connectivity index (χ0v) is 12.2. The normalized spacial score (nSPS) is 12.0. The highest BCUT2D eigenvalue weighted by molar-refractivity contribution is 6.31. The highest BCUT2D eigenvalue weighted by Gasteiger charge is 2.22. The Morgan fingerprint density at radius 3 is 2.86 bits per heavy atom. The van der Waals surface area contributed by atoms with E-state index in [4.69, 9.17) is 21.2 Å². The van der Waals surface area contributed by atoms with E-state index >= 15 is 0 Å². The minimum Gasteiger partial charge on any atom is -0.422 e. The summed E-state index contributed by atoms with van der Waals surface area (Å²) in [5, 5.41) is 21.4. The summed E-state index contributed by atoms with van der Waals surface area (Å²) < 4.78 is 7.37. The van der Waals surface area contributed by atoms with E-state index in [-0.39, 0.29) is 6.04 Å². The van der Waals surface area contributed by atoms with Gasteiger partial charge in [0.15, 0.2) is 0 Å². The molecule has 7 heteroatoms. The van der Waals surface area contributed by atoms with Crippen molar-refractivity contribution in [2.45, 2.75) is 19.9 Å². The summed E-state index contributed by atoms with van der Waals surface area (Å²) in [6.07, 6.45) is 2.64. The van der Waals surface area contributed by atoms with Crippen molar-refractivity contribution in [2.24, 2.45) is 5.16 Å². The number of oxime groups is 1. The molecule has 0 aliphatic heterocycles. The molecule has 21 heavy (non-hydrogen) atoms. The molecule has 0 fully saturated rings. The molecule has 0 saturated heterocycles. The first-order valence-corrected chi connectivity index (χ1v) is 6.78. The van der Waals surface area contributed by atoms with E-state index in [1.54, 1.807) is 6.07 Å². The second-order valence-corrected chi connectivity index (χ2v) is 5.31. The molecule has 3 rings (SSSR count). The molecule has 0 saturated carbocycles. The van der Waals surface area contributed by atoms with Crippen LogP contribution in [0.2, 0.25) is 5.02 Å². The lowest BCUT2D eigenvalue weighted by atomic mass is 10.1. The molecule has 0 radical (unpaired) electrons. The third-order valence-corrected chi connectivity index (χ3v) is 3.51. The molecule has 2 heterocycles. The fourth-order valence-corrected chi connectivity index (χ4v) is 2.70. The average Bonchev–Trinajstić information content (AvgIpc) is 3.04. The van der Waals surface area contributed by atoms with E-state index < -0.39 is 0 Å². The van der Waals surface area contributed by atoms with Crippen molar-refractivity contribution in [1.82, 2.24) is 14.8 Å². The lowest BCUT2D eigenvalue weighted by Crippen LogP contribution is -2.03. The lowest BCUT2D eigenvalue weighted by molar-refractivity contribution is 0.322. The number of benzene rings is 1. The number of fused-ring (bicyclic) bond motifs is 1. The minimum atomic E-state index is 0.133. The van der Waals surface area contributed by atoms with E-state index in [0.717, 1.165) is 10.9 Å². The number of halogens is 1. The van der Waals surface area contributed by atoms with Crippen LogP contribution in [0.1, 0.15) is 25.5 Å². The quantitative estimate of drug-likeness (QED) is 0.454. The van der Waals surface area contributed by atoms with Crippen LogP contribution in [-0.4, -0.2) is 26.2 Å². The van der Waals surface area contributed by atoms with E-state index in [1.165, 1.54) is 12.6 Å². The third-order valence-electron chi connectivity index (χ3n) is 3.27. The first kappa shape index (κ1) is 13.6. The molecular weight excluding hydrogens is 292 g/mol. The second kappa shape index (κ2) is 5.21. The molecule has 0 amide bonds. The highest BCUT2D eigenvalue weighted by atomic mass is 35.5. The monoisotopic (exact) mass is 304 g/mol. The van der Waals surface area contributed by atoms with Crippen molar-refractivity contribution >= 4 is 28.7 Å². The zero-order valence-electron chi connectivity index (χ0n) is 11.5. The maximum Gasteiger partial charge on any atom is 0.264 e. The molecule has 0 bridgehead atoms. The van der Waals surface area contributed by atoms with Crippen molar-refractivity contribution in [2.75, 3.05) is 0 Å². The van der Waals surface area contributed by atoms with Crippen LogP contribution in [0.15, 0.2) is 34.2 Å². The highest BCUT2D eigenvalue weighted by Crippen LogP contribution is 2.35. The van der Waals surface area contributed by atoms with Crippen LogP contribution in [0.5, 0.6) is 0 Å². The van der Waals surface area contributed by atoms with Crippen molar-refractivity contribution in [3.05, 3.63) is 35.2 Å². The van der Waals surface area contributed by atoms with Crippen LogP contribution in [0, 0.1) is 0 Å². The Kier molecular flexibility index (Phi) is 3.39. The summed E-state index contributed by atoms with van der Waals surface area (Å²) >= 11 is 6.11. The number of hydrogen-bond donors (Lipinski definition) is 1. The van der Waals surface area contributed by atoms with Crippen molar-refractivity contribution in [1.29, 1.82) is 0 Å². The Bertz CT molecular complexity index is 806. The molecule has 3 aromatic rings. The molecule has 1 N–H and O–H groups in total. The molecular formula is C14H13ClN4O2. The van der Waals surface area contributed by atoms with Gasteiger partial charge in [-0.2, -0.15) is 0 Å². The van der Waals surface area contributed by atoms with Gasteiger partial charge in [-0.05, 0) is 26.0 Å². The Hall–Kier alpha value is -2.34. The van der Waals surface area contributed by atoms with Gasteiger partial charge in [-0.3, -0.25) is 0 Å². The molecule has 6 nitrogen and oxygen atoms in total. The van der Waals surface area contributed by atoms with Gasteiger partial charge >= 0.3 is 0 Å². The first-order chi connectivity index (χ1) is 10.1. The lowest BCUT2D eigenvalue weighted by Gasteiger charge is -2.13. The van der Waals surface area contributed by atoms with E-state index in [0.29, 0.717) is 22.2 Å². The van der Waals surface area contributed by atoms with Gasteiger partial charge in [0.25, 0.3) is 5.89 Å². The fourth-order valence-electron chi connectivity index (χ4n) is 2.53. The largest absolute Gasteiger partial charge is 0.422 e. The van der Waals surface area contributed by atoms with Gasteiger partial charge in [0.05, 0.1) is 11.7 Å². The standard InChI is InChI=1S/C14H13ClN4O2/c1-8(2)19-12-5-9(15)3-4-10(12)11(6-17-20)13(19)14-18-16-7-21-14/h3-8,20H,1-2H3/b17-6+. The molecule has 1 aromatic carbocycles. The predicted molar refractivity (Wildman–Crippen MR) is 80.0 cm³/mol. The van der Waals surface area contributed by atoms with Gasteiger partial charge < -0.3 is 14.2 Å². The van der Waals surface area contributed by atoms with Crippen LogP contribution >= 0.6 is 11.6 Å². The van der Waals surface area contributed by atoms with Crippen LogP contribution in [-0.2, 0) is 0 Å². The van der Waals surface area contributed by atoms with E-state index in [1.807, 2.05) is 30.5 Å². The van der Waals surface area contributed by atoms with Crippen molar-refractivity contribution in [3.63, 3.8) is 0 Å². The summed E-state index contributed by atoms with van der Waals surface area (Å²) in [5.41, 5.74) is 2.33. The Morgan fingerprint density at radius 2 is 2.24 bits per heavy atom. The molecule has 108 valence electrons. The maximum absolute atomic E-state index is 8.97. The average molecular weight is 305 g/mol. The number of hydrogen-bond acceptors (Lipinski definition) is 5. The summed E-state index contributed by atoms with van der Waals surface area (Å²) in [6, 6.07) is 5.67. The van der Waals surface area contributed by atoms with E-state index in [2.05, 4.69) is 15.4 Å². The Balaban J connectivity index is 2.47.